The van der Waals surface area contributed by atoms with Crippen molar-refractivity contribution in [3.63, 3.8) is 0 Å². The quantitative estimate of drug-likeness (QED) is 0.373. The van der Waals surface area contributed by atoms with Gasteiger partial charge in [0.15, 0.2) is 0 Å². The first-order valence-corrected chi connectivity index (χ1v) is 14.2. The lowest BCUT2D eigenvalue weighted by molar-refractivity contribution is 0.0159. The Morgan fingerprint density at radius 1 is 1.14 bits per heavy atom. The molecule has 2 aromatic carbocycles. The second kappa shape index (κ2) is 11.4. The second-order valence-electron chi connectivity index (χ2n) is 11.3. The Hall–Kier alpha value is -3.83. The monoisotopic (exact) mass is 615 g/mol. The van der Waals surface area contributed by atoms with E-state index in [-0.39, 0.29) is 41.9 Å². The lowest BCUT2D eigenvalue weighted by atomic mass is 10.1. The maximum Gasteiger partial charge on any atom is 0.410 e. The number of carbonyl (C=O) groups excluding carboxylic acids is 2. The van der Waals surface area contributed by atoms with Crippen LogP contribution in [-0.4, -0.2) is 71.9 Å². The van der Waals surface area contributed by atoms with Crippen LogP contribution < -0.4 is 20.0 Å². The number of fused-ring (bicyclic) bond motifs is 1. The van der Waals surface area contributed by atoms with Gasteiger partial charge in [-0.25, -0.2) is 14.2 Å². The SMILES string of the molecule is C[C@@H]1CN(c2ccc(Nc3ncc4c(n3)N(C)CN(c3c(Cl)cccc3Cl)C4=O)c(F)c2)CCN1C(=O)OC(C)(C)C. The van der Waals surface area contributed by atoms with Crippen LogP contribution in [0.15, 0.2) is 42.6 Å². The summed E-state index contributed by atoms with van der Waals surface area (Å²) in [6.45, 7) is 9.16. The molecule has 1 N–H and O–H groups in total. The minimum atomic E-state index is -0.572. The van der Waals surface area contributed by atoms with E-state index >= 15 is 4.39 Å². The van der Waals surface area contributed by atoms with Gasteiger partial charge in [-0.15, -0.1) is 0 Å². The number of amides is 2. The molecule has 42 heavy (non-hydrogen) atoms. The Kier molecular flexibility index (Phi) is 8.08. The van der Waals surface area contributed by atoms with Crippen LogP contribution in [0.1, 0.15) is 38.1 Å². The van der Waals surface area contributed by atoms with Gasteiger partial charge in [-0.2, -0.15) is 4.98 Å². The third-order valence-corrected chi connectivity index (χ3v) is 7.60. The zero-order valence-corrected chi connectivity index (χ0v) is 25.5. The second-order valence-corrected chi connectivity index (χ2v) is 12.1. The number of nitrogens with zero attached hydrogens (tertiary/aromatic N) is 6. The van der Waals surface area contributed by atoms with Crippen LogP contribution in [0, 0.1) is 5.82 Å². The summed E-state index contributed by atoms with van der Waals surface area (Å²) in [5, 5.41) is 3.63. The number of nitrogens with one attached hydrogen (secondary N) is 1. The minimum Gasteiger partial charge on any atom is -0.444 e. The highest BCUT2D eigenvalue weighted by atomic mass is 35.5. The third-order valence-electron chi connectivity index (χ3n) is 6.99. The van der Waals surface area contributed by atoms with Gasteiger partial charge in [0, 0.05) is 44.6 Å². The molecule has 0 spiro atoms. The number of aromatic nitrogens is 2. The Balaban J connectivity index is 1.29. The Morgan fingerprint density at radius 2 is 1.86 bits per heavy atom. The molecule has 0 saturated carbocycles. The average molecular weight is 617 g/mol. The maximum atomic E-state index is 15.2. The van der Waals surface area contributed by atoms with Crippen molar-refractivity contribution in [2.45, 2.75) is 39.3 Å². The highest BCUT2D eigenvalue weighted by Gasteiger charge is 2.33. The van der Waals surface area contributed by atoms with Crippen molar-refractivity contribution in [3.8, 4) is 0 Å². The van der Waals surface area contributed by atoms with Gasteiger partial charge < -0.3 is 24.8 Å². The van der Waals surface area contributed by atoms with Crippen molar-refractivity contribution in [1.82, 2.24) is 14.9 Å². The van der Waals surface area contributed by atoms with E-state index in [1.54, 1.807) is 47.2 Å². The zero-order valence-electron chi connectivity index (χ0n) is 24.0. The Labute approximate surface area is 254 Å². The van der Waals surface area contributed by atoms with E-state index in [0.717, 1.165) is 0 Å². The summed E-state index contributed by atoms with van der Waals surface area (Å²) < 4.78 is 20.8. The fourth-order valence-corrected chi connectivity index (χ4v) is 5.59. The molecular weight excluding hydrogens is 584 g/mol. The van der Waals surface area contributed by atoms with Crippen molar-refractivity contribution in [2.24, 2.45) is 0 Å². The summed E-state index contributed by atoms with van der Waals surface area (Å²) in [6, 6.07) is 9.80. The number of rotatable bonds is 4. The summed E-state index contributed by atoms with van der Waals surface area (Å²) in [5.74, 6) is -0.295. The van der Waals surface area contributed by atoms with E-state index in [0.29, 0.717) is 46.9 Å². The number of benzene rings is 2. The predicted molar refractivity (Wildman–Crippen MR) is 163 cm³/mol. The van der Waals surface area contributed by atoms with Gasteiger partial charge in [0.25, 0.3) is 5.91 Å². The highest BCUT2D eigenvalue weighted by Crippen LogP contribution is 2.37. The third kappa shape index (κ3) is 6.03. The predicted octanol–water partition coefficient (Wildman–Crippen LogP) is 6.17. The molecule has 0 unspecified atom stereocenters. The molecule has 5 rings (SSSR count). The van der Waals surface area contributed by atoms with Crippen LogP contribution >= 0.6 is 23.2 Å². The largest absolute Gasteiger partial charge is 0.444 e. The van der Waals surface area contributed by atoms with Crippen LogP contribution in [0.3, 0.4) is 0 Å². The molecule has 2 aliphatic heterocycles. The van der Waals surface area contributed by atoms with Gasteiger partial charge >= 0.3 is 6.09 Å². The van der Waals surface area contributed by atoms with Crippen molar-refractivity contribution in [2.75, 3.05) is 53.4 Å². The fourth-order valence-electron chi connectivity index (χ4n) is 4.99. The lowest BCUT2D eigenvalue weighted by Gasteiger charge is -2.41. The average Bonchev–Trinajstić information content (AvgIpc) is 2.91. The standard InChI is InChI=1S/C29H32Cl2FN7O3/c1-17-15-37(11-12-38(17)28(41)42-29(2,3)4)18-9-10-23(22(32)13-18)34-27-33-14-19-25(35-27)36(5)16-39(26(19)40)24-20(30)7-6-8-21(24)31/h6-10,13-14,17H,11-12,15-16H2,1-5H3,(H,33,34,35)/t17-/m1/s1. The Bertz CT molecular complexity index is 1510. The molecule has 10 nitrogen and oxygen atoms in total. The fraction of sp³-hybridized carbons (Fsp3) is 0.379. The Morgan fingerprint density at radius 3 is 2.50 bits per heavy atom. The van der Waals surface area contributed by atoms with Gasteiger partial charge in [0.05, 0.1) is 28.1 Å². The van der Waals surface area contributed by atoms with Gasteiger partial charge in [-0.1, -0.05) is 29.3 Å². The number of hydrogen-bond donors (Lipinski definition) is 1. The molecule has 2 aliphatic rings. The molecule has 1 aromatic heterocycles. The summed E-state index contributed by atoms with van der Waals surface area (Å²) >= 11 is 12.7. The van der Waals surface area contributed by atoms with Crippen LogP contribution in [0.25, 0.3) is 0 Å². The smallest absolute Gasteiger partial charge is 0.410 e. The number of halogens is 3. The number of anilines is 5. The van der Waals surface area contributed by atoms with Crippen molar-refractivity contribution in [1.29, 1.82) is 0 Å². The minimum absolute atomic E-state index is 0.108. The van der Waals surface area contributed by atoms with E-state index in [2.05, 4.69) is 15.3 Å². The van der Waals surface area contributed by atoms with Gasteiger partial charge in [0.2, 0.25) is 5.95 Å². The molecule has 13 heteroatoms. The summed E-state index contributed by atoms with van der Waals surface area (Å²) in [7, 11) is 1.78. The van der Waals surface area contributed by atoms with Crippen LogP contribution in [-0.2, 0) is 4.74 Å². The number of ether oxygens (including phenoxy) is 1. The number of hydrogen-bond acceptors (Lipinski definition) is 8. The van der Waals surface area contributed by atoms with Crippen LogP contribution in [0.2, 0.25) is 10.0 Å². The van der Waals surface area contributed by atoms with Crippen molar-refractivity contribution in [3.05, 3.63) is 64.0 Å². The topological polar surface area (TPSA) is 94.1 Å². The molecule has 0 bridgehead atoms. The number of para-hydroxylation sites is 1. The summed E-state index contributed by atoms with van der Waals surface area (Å²) in [5.41, 5.74) is 0.990. The molecule has 1 saturated heterocycles. The molecular formula is C29H32Cl2FN7O3. The molecule has 3 aromatic rings. The molecule has 0 aliphatic carbocycles. The summed E-state index contributed by atoms with van der Waals surface area (Å²) in [4.78, 5) is 41.6. The normalized spacial score (nSPS) is 17.3. The highest BCUT2D eigenvalue weighted by molar-refractivity contribution is 6.40. The van der Waals surface area contributed by atoms with Crippen molar-refractivity contribution < 1.29 is 18.7 Å². The first kappa shape index (κ1) is 29.7. The number of carbonyl (C=O) groups is 2. The molecule has 2 amide bonds. The molecule has 3 heterocycles. The van der Waals surface area contributed by atoms with E-state index in [9.17, 15) is 9.59 Å². The summed E-state index contributed by atoms with van der Waals surface area (Å²) in [6.07, 6.45) is 1.05. The molecule has 222 valence electrons. The van der Waals surface area contributed by atoms with Gasteiger partial charge in [-0.3, -0.25) is 9.69 Å². The lowest BCUT2D eigenvalue weighted by Crippen LogP contribution is -2.55. The molecule has 1 atom stereocenters. The maximum absolute atomic E-state index is 15.2. The first-order chi connectivity index (χ1) is 19.8. The first-order valence-electron chi connectivity index (χ1n) is 13.5. The van der Waals surface area contributed by atoms with Gasteiger partial charge in [0.1, 0.15) is 22.8 Å². The van der Waals surface area contributed by atoms with E-state index in [1.165, 1.54) is 17.2 Å². The molecule has 1 fully saturated rings. The van der Waals surface area contributed by atoms with E-state index in [1.807, 2.05) is 32.6 Å². The molecule has 0 radical (unpaired) electrons. The van der Waals surface area contributed by atoms with Crippen molar-refractivity contribution >= 4 is 64.0 Å². The van der Waals surface area contributed by atoms with Crippen LogP contribution in [0.5, 0.6) is 0 Å². The number of piperazine rings is 1. The van der Waals surface area contributed by atoms with E-state index < -0.39 is 11.4 Å². The zero-order chi connectivity index (χ0) is 30.3. The van der Waals surface area contributed by atoms with Gasteiger partial charge in [-0.05, 0) is 58.0 Å². The van der Waals surface area contributed by atoms with E-state index in [4.69, 9.17) is 27.9 Å². The van der Waals surface area contributed by atoms with Crippen LogP contribution in [0.4, 0.5) is 38.0 Å².